The van der Waals surface area contributed by atoms with Gasteiger partial charge in [0.2, 0.25) is 0 Å². The monoisotopic (exact) mass is 415 g/mol. The van der Waals surface area contributed by atoms with Gasteiger partial charge in [-0.05, 0) is 30.9 Å². The highest BCUT2D eigenvalue weighted by molar-refractivity contribution is 7.99. The van der Waals surface area contributed by atoms with Crippen LogP contribution < -0.4 is 4.72 Å². The number of methoxy groups -OCH3 is 2. The second-order valence-electron chi connectivity index (χ2n) is 5.01. The molecule has 0 aliphatic carbocycles. The van der Waals surface area contributed by atoms with Gasteiger partial charge in [-0.25, -0.2) is 18.0 Å². The number of sulfonamides is 1. The third kappa shape index (κ3) is 3.87. The largest absolute Gasteiger partial charge is 0.465 e. The lowest BCUT2D eigenvalue weighted by Gasteiger charge is -2.11. The molecule has 7 nitrogen and oxygen atoms in total. The standard InChI is InChI=1S/C16H17NO6S3/c1-9-12(14(18)22-2)16(25-13(9)15(19)23-3)26(20,21)17-10-7-5-6-8-11(10)24-4/h5-8,17H,1-4H3. The van der Waals surface area contributed by atoms with Crippen LogP contribution in [0, 0.1) is 6.92 Å². The number of esters is 2. The van der Waals surface area contributed by atoms with Crippen LogP contribution in [0.5, 0.6) is 0 Å². The van der Waals surface area contributed by atoms with Crippen molar-refractivity contribution in [2.45, 2.75) is 16.0 Å². The van der Waals surface area contributed by atoms with Gasteiger partial charge < -0.3 is 9.47 Å². The number of benzene rings is 1. The molecule has 0 aliphatic rings. The third-order valence-corrected chi connectivity index (χ3v) is 7.42. The Bertz CT molecular complexity index is 949. The Labute approximate surface area is 159 Å². The molecule has 0 saturated heterocycles. The van der Waals surface area contributed by atoms with E-state index in [1.165, 1.54) is 25.8 Å². The van der Waals surface area contributed by atoms with Crippen LogP contribution in [0.15, 0.2) is 33.4 Å². The van der Waals surface area contributed by atoms with Crippen LogP contribution >= 0.6 is 23.1 Å². The fourth-order valence-corrected chi connectivity index (χ4v) is 5.67. The van der Waals surface area contributed by atoms with Gasteiger partial charge in [0.1, 0.15) is 4.88 Å². The second-order valence-corrected chi connectivity index (χ2v) is 8.75. The van der Waals surface area contributed by atoms with Gasteiger partial charge >= 0.3 is 11.9 Å². The number of ether oxygens (including phenoxy) is 2. The summed E-state index contributed by atoms with van der Waals surface area (Å²) in [5.74, 6) is -1.56. The number of para-hydroxylation sites is 1. The molecular formula is C16H17NO6S3. The number of rotatable bonds is 6. The van der Waals surface area contributed by atoms with E-state index in [9.17, 15) is 18.0 Å². The van der Waals surface area contributed by atoms with Crippen molar-refractivity contribution in [1.29, 1.82) is 0 Å². The molecule has 0 unspecified atom stereocenters. The van der Waals surface area contributed by atoms with Crippen molar-refractivity contribution in [1.82, 2.24) is 0 Å². The highest BCUT2D eigenvalue weighted by atomic mass is 32.2. The maximum absolute atomic E-state index is 12.9. The van der Waals surface area contributed by atoms with E-state index in [0.717, 1.165) is 12.0 Å². The van der Waals surface area contributed by atoms with E-state index < -0.39 is 22.0 Å². The number of anilines is 1. The Morgan fingerprint density at radius 1 is 1.12 bits per heavy atom. The molecule has 0 spiro atoms. The van der Waals surface area contributed by atoms with E-state index in [1.807, 2.05) is 6.26 Å². The van der Waals surface area contributed by atoms with Gasteiger partial charge in [-0.1, -0.05) is 12.1 Å². The van der Waals surface area contributed by atoms with E-state index in [0.29, 0.717) is 17.0 Å². The highest BCUT2D eigenvalue weighted by Crippen LogP contribution is 2.35. The molecule has 1 heterocycles. The Kier molecular flexibility index (Phi) is 6.32. The minimum atomic E-state index is -4.13. The summed E-state index contributed by atoms with van der Waals surface area (Å²) in [7, 11) is -1.80. The number of nitrogens with one attached hydrogen (secondary N) is 1. The molecule has 1 N–H and O–H groups in total. The maximum Gasteiger partial charge on any atom is 0.348 e. The summed E-state index contributed by atoms with van der Waals surface area (Å²) >= 11 is 2.04. The van der Waals surface area contributed by atoms with E-state index in [-0.39, 0.29) is 20.2 Å². The van der Waals surface area contributed by atoms with Crippen molar-refractivity contribution in [3.63, 3.8) is 0 Å². The van der Waals surface area contributed by atoms with Crippen LogP contribution in [0.3, 0.4) is 0 Å². The Hall–Kier alpha value is -2.04. The summed E-state index contributed by atoms with van der Waals surface area (Å²) in [5, 5.41) is 0. The Morgan fingerprint density at radius 2 is 1.73 bits per heavy atom. The van der Waals surface area contributed by atoms with Crippen LogP contribution in [0.2, 0.25) is 0 Å². The number of hydrogen-bond acceptors (Lipinski definition) is 8. The first kappa shape index (κ1) is 20.3. The molecule has 2 aromatic rings. The number of hydrogen-bond donors (Lipinski definition) is 1. The summed E-state index contributed by atoms with van der Waals surface area (Å²) < 4.78 is 37.4. The SMILES string of the molecule is COC(=O)c1sc(S(=O)(=O)Nc2ccccc2SC)c(C(=O)OC)c1C. The van der Waals surface area contributed by atoms with Crippen LogP contribution in [0.25, 0.3) is 0 Å². The zero-order valence-corrected chi connectivity index (χ0v) is 16.9. The summed E-state index contributed by atoms with van der Waals surface area (Å²) in [4.78, 5) is 24.8. The van der Waals surface area contributed by atoms with Crippen LogP contribution in [-0.4, -0.2) is 40.8 Å². The van der Waals surface area contributed by atoms with Crippen molar-refractivity contribution in [3.8, 4) is 0 Å². The van der Waals surface area contributed by atoms with Crippen LogP contribution in [0.1, 0.15) is 25.6 Å². The van der Waals surface area contributed by atoms with Crippen molar-refractivity contribution in [3.05, 3.63) is 40.3 Å². The molecule has 26 heavy (non-hydrogen) atoms. The van der Waals surface area contributed by atoms with Gasteiger partial charge in [-0.15, -0.1) is 23.1 Å². The van der Waals surface area contributed by atoms with E-state index >= 15 is 0 Å². The maximum atomic E-state index is 12.9. The van der Waals surface area contributed by atoms with E-state index in [1.54, 1.807) is 24.3 Å². The first-order valence-corrected chi connectivity index (χ1v) is 10.7. The van der Waals surface area contributed by atoms with Gasteiger partial charge in [-0.2, -0.15) is 0 Å². The highest BCUT2D eigenvalue weighted by Gasteiger charge is 2.33. The van der Waals surface area contributed by atoms with Crippen molar-refractivity contribution >= 4 is 50.7 Å². The summed E-state index contributed by atoms with van der Waals surface area (Å²) in [6.07, 6.45) is 1.82. The molecule has 0 atom stereocenters. The van der Waals surface area contributed by atoms with Crippen molar-refractivity contribution in [2.75, 3.05) is 25.2 Å². The summed E-state index contributed by atoms with van der Waals surface area (Å²) in [6, 6.07) is 6.86. The normalized spacial score (nSPS) is 11.1. The number of thioether (sulfide) groups is 1. The molecule has 0 aliphatic heterocycles. The van der Waals surface area contributed by atoms with Crippen LogP contribution in [-0.2, 0) is 19.5 Å². The minimum Gasteiger partial charge on any atom is -0.465 e. The van der Waals surface area contributed by atoms with E-state index in [2.05, 4.69) is 9.46 Å². The Balaban J connectivity index is 2.61. The molecule has 1 aromatic heterocycles. The zero-order chi connectivity index (χ0) is 19.5. The molecule has 0 fully saturated rings. The van der Waals surface area contributed by atoms with Gasteiger partial charge in [0.05, 0.1) is 25.5 Å². The molecule has 0 saturated carbocycles. The fourth-order valence-electron chi connectivity index (χ4n) is 2.22. The average molecular weight is 416 g/mol. The second kappa shape index (κ2) is 8.11. The predicted octanol–water partition coefficient (Wildman–Crippen LogP) is 3.15. The average Bonchev–Trinajstić information content (AvgIpc) is 2.98. The first-order chi connectivity index (χ1) is 12.3. The lowest BCUT2D eigenvalue weighted by Crippen LogP contribution is -2.16. The fraction of sp³-hybridized carbons (Fsp3) is 0.250. The molecule has 2 rings (SSSR count). The molecule has 0 bridgehead atoms. The molecule has 1 aromatic carbocycles. The van der Waals surface area contributed by atoms with Gasteiger partial charge in [-0.3, -0.25) is 4.72 Å². The Morgan fingerprint density at radius 3 is 2.31 bits per heavy atom. The van der Waals surface area contributed by atoms with Crippen LogP contribution in [0.4, 0.5) is 5.69 Å². The zero-order valence-electron chi connectivity index (χ0n) is 14.5. The first-order valence-electron chi connectivity index (χ1n) is 7.22. The molecule has 0 amide bonds. The predicted molar refractivity (Wildman–Crippen MR) is 101 cm³/mol. The number of thiophene rings is 1. The summed E-state index contributed by atoms with van der Waals surface area (Å²) in [5.41, 5.74) is 0.403. The third-order valence-electron chi connectivity index (χ3n) is 3.47. The van der Waals surface area contributed by atoms with Gasteiger partial charge in [0, 0.05) is 4.90 Å². The topological polar surface area (TPSA) is 98.8 Å². The lowest BCUT2D eigenvalue weighted by atomic mass is 10.2. The van der Waals surface area contributed by atoms with Crippen molar-refractivity contribution < 1.29 is 27.5 Å². The molecule has 0 radical (unpaired) electrons. The van der Waals surface area contributed by atoms with Gasteiger partial charge in [0.25, 0.3) is 10.0 Å². The smallest absolute Gasteiger partial charge is 0.348 e. The van der Waals surface area contributed by atoms with Gasteiger partial charge in [0.15, 0.2) is 4.21 Å². The van der Waals surface area contributed by atoms with Crippen molar-refractivity contribution in [2.24, 2.45) is 0 Å². The lowest BCUT2D eigenvalue weighted by molar-refractivity contribution is 0.0596. The molecule has 140 valence electrons. The number of carbonyl (C=O) groups excluding carboxylic acids is 2. The quantitative estimate of drug-likeness (QED) is 0.571. The van der Waals surface area contributed by atoms with E-state index in [4.69, 9.17) is 4.74 Å². The molecule has 10 heteroatoms. The molecular weight excluding hydrogens is 398 g/mol. The minimum absolute atomic E-state index is 0.0337. The summed E-state index contributed by atoms with van der Waals surface area (Å²) in [6.45, 7) is 1.48. The number of carbonyl (C=O) groups is 2.